The van der Waals surface area contributed by atoms with E-state index in [9.17, 15) is 9.59 Å². The molecule has 180 valence electrons. The van der Waals surface area contributed by atoms with E-state index < -0.39 is 48.1 Å². The molecule has 0 aromatic heterocycles. The number of carbonyl (C=O) groups is 2. The molecule has 4 aliphatic heterocycles. The normalized spacial score (nSPS) is 39.8. The van der Waals surface area contributed by atoms with Crippen LogP contribution in [0.15, 0.2) is 30.3 Å². The van der Waals surface area contributed by atoms with E-state index in [1.807, 2.05) is 44.2 Å². The quantitative estimate of drug-likeness (QED) is 0.343. The van der Waals surface area contributed by atoms with Crippen molar-refractivity contribution in [1.82, 2.24) is 4.90 Å². The first-order valence-corrected chi connectivity index (χ1v) is 11.3. The van der Waals surface area contributed by atoms with Gasteiger partial charge in [-0.1, -0.05) is 30.3 Å². The lowest BCUT2D eigenvalue weighted by Crippen LogP contribution is -2.73. The number of carbonyl (C=O) groups excluding carboxylic acids is 2. The van der Waals surface area contributed by atoms with Gasteiger partial charge in [0, 0.05) is 7.11 Å². The van der Waals surface area contributed by atoms with Gasteiger partial charge in [0.2, 0.25) is 0 Å². The maximum Gasteiger partial charge on any atom is 0.255 e. The number of nitrogens with zero attached hydrogens (tertiary/aromatic N) is 1. The highest BCUT2D eigenvalue weighted by molar-refractivity contribution is 5.91. The molecule has 1 amide bonds. The predicted molar refractivity (Wildman–Crippen MR) is 114 cm³/mol. The second-order valence-corrected chi connectivity index (χ2v) is 9.88. The zero-order valence-electron chi connectivity index (χ0n) is 19.5. The van der Waals surface area contributed by atoms with Crippen molar-refractivity contribution in [3.63, 3.8) is 0 Å². The van der Waals surface area contributed by atoms with E-state index in [-0.39, 0.29) is 18.1 Å². The number of rotatable bonds is 7. The fourth-order valence-electron chi connectivity index (χ4n) is 5.26. The summed E-state index contributed by atoms with van der Waals surface area (Å²) in [6, 6.07) is 8.51. The SMILES string of the molecule is CO[C@@H]1C(=O)N([C@@H](C=O)[C@H]2OC(C)(C)O[C@@H]2[C@H]2COC(C)(C)O2)[C@@H]1[C@@H]1O[C@@H]1c1ccccc1. The molecule has 4 aliphatic rings. The van der Waals surface area contributed by atoms with E-state index >= 15 is 0 Å². The van der Waals surface area contributed by atoms with Crippen molar-refractivity contribution in [3.05, 3.63) is 35.9 Å². The summed E-state index contributed by atoms with van der Waals surface area (Å²) < 4.78 is 35.5. The lowest BCUT2D eigenvalue weighted by atomic mass is 9.87. The molecule has 1 aromatic carbocycles. The van der Waals surface area contributed by atoms with Crippen LogP contribution in [-0.4, -0.2) is 85.0 Å². The van der Waals surface area contributed by atoms with E-state index in [0.29, 0.717) is 6.61 Å². The van der Waals surface area contributed by atoms with E-state index in [0.717, 1.165) is 11.8 Å². The van der Waals surface area contributed by atoms with Crippen molar-refractivity contribution in [2.24, 2.45) is 0 Å². The highest BCUT2D eigenvalue weighted by atomic mass is 16.8. The number of epoxide rings is 1. The second-order valence-electron chi connectivity index (χ2n) is 9.88. The molecule has 0 spiro atoms. The van der Waals surface area contributed by atoms with Crippen molar-refractivity contribution >= 4 is 12.2 Å². The van der Waals surface area contributed by atoms with Crippen LogP contribution in [0.2, 0.25) is 0 Å². The topological polar surface area (TPSA) is 96.1 Å². The Kier molecular flexibility index (Phi) is 5.63. The van der Waals surface area contributed by atoms with Crippen LogP contribution in [0.25, 0.3) is 0 Å². The van der Waals surface area contributed by atoms with Gasteiger partial charge in [0.15, 0.2) is 17.7 Å². The molecule has 0 bridgehead atoms. The Bertz CT molecular complexity index is 905. The highest BCUT2D eigenvalue weighted by Gasteiger charge is 2.65. The van der Waals surface area contributed by atoms with Crippen molar-refractivity contribution in [3.8, 4) is 0 Å². The van der Waals surface area contributed by atoms with Crippen LogP contribution in [0.1, 0.15) is 39.4 Å². The van der Waals surface area contributed by atoms with Gasteiger partial charge in [-0.3, -0.25) is 4.79 Å². The van der Waals surface area contributed by atoms with Crippen LogP contribution >= 0.6 is 0 Å². The summed E-state index contributed by atoms with van der Waals surface area (Å²) in [5.41, 5.74) is 1.03. The molecule has 0 unspecified atom stereocenters. The molecule has 0 N–H and O–H groups in total. The zero-order chi connectivity index (χ0) is 23.5. The fraction of sp³-hybridized carbons (Fsp3) is 0.667. The molecule has 8 atom stereocenters. The minimum absolute atomic E-state index is 0.155. The van der Waals surface area contributed by atoms with Crippen LogP contribution in [0.5, 0.6) is 0 Å². The zero-order valence-corrected chi connectivity index (χ0v) is 19.5. The molecule has 9 heteroatoms. The Morgan fingerprint density at radius 3 is 2.39 bits per heavy atom. The first-order valence-electron chi connectivity index (χ1n) is 11.3. The Labute approximate surface area is 193 Å². The third-order valence-corrected chi connectivity index (χ3v) is 6.73. The molecule has 0 saturated carbocycles. The second kappa shape index (κ2) is 8.11. The third-order valence-electron chi connectivity index (χ3n) is 6.73. The molecule has 9 nitrogen and oxygen atoms in total. The minimum Gasteiger partial charge on any atom is -0.369 e. The van der Waals surface area contributed by atoms with Crippen LogP contribution in [0.4, 0.5) is 0 Å². The van der Waals surface area contributed by atoms with Crippen LogP contribution in [0, 0.1) is 0 Å². The summed E-state index contributed by atoms with van der Waals surface area (Å²) >= 11 is 0. The van der Waals surface area contributed by atoms with Crippen molar-refractivity contribution in [2.75, 3.05) is 13.7 Å². The number of amides is 1. The monoisotopic (exact) mass is 461 g/mol. The van der Waals surface area contributed by atoms with E-state index in [1.165, 1.54) is 12.0 Å². The van der Waals surface area contributed by atoms with Gasteiger partial charge >= 0.3 is 0 Å². The van der Waals surface area contributed by atoms with Crippen molar-refractivity contribution in [1.29, 1.82) is 0 Å². The summed E-state index contributed by atoms with van der Waals surface area (Å²) in [6.07, 6.45) is -2.09. The van der Waals surface area contributed by atoms with Gasteiger partial charge in [-0.05, 0) is 33.3 Å². The standard InChI is InChI=1S/C24H31NO8/c1-23(2)29-12-15(31-23)19-18(32-24(3,4)33-19)14(11-26)25-16(21(28-5)22(25)27)20-17(30-20)13-9-7-6-8-10-13/h6-11,14-21H,12H2,1-5H3/t14-,15+,16+,17+,18+,19+,20-,21-/m0/s1. The first-order chi connectivity index (χ1) is 15.7. The van der Waals surface area contributed by atoms with Crippen LogP contribution < -0.4 is 0 Å². The van der Waals surface area contributed by atoms with Crippen LogP contribution in [-0.2, 0) is 38.0 Å². The largest absolute Gasteiger partial charge is 0.369 e. The average molecular weight is 462 g/mol. The molecular weight excluding hydrogens is 430 g/mol. The van der Waals surface area contributed by atoms with Gasteiger partial charge in [-0.2, -0.15) is 0 Å². The van der Waals surface area contributed by atoms with Gasteiger partial charge in [-0.25, -0.2) is 0 Å². The van der Waals surface area contributed by atoms with Gasteiger partial charge in [0.1, 0.15) is 42.8 Å². The van der Waals surface area contributed by atoms with Gasteiger partial charge < -0.3 is 38.1 Å². The predicted octanol–water partition coefficient (Wildman–Crippen LogP) is 1.59. The lowest BCUT2D eigenvalue weighted by molar-refractivity contribution is -0.188. The number of likely N-dealkylation sites (tertiary alicyclic amines) is 1. The first kappa shape index (κ1) is 22.9. The molecule has 0 radical (unpaired) electrons. The van der Waals surface area contributed by atoms with Crippen molar-refractivity contribution in [2.45, 2.75) is 88.0 Å². The van der Waals surface area contributed by atoms with Gasteiger partial charge in [0.25, 0.3) is 5.91 Å². The van der Waals surface area contributed by atoms with E-state index in [2.05, 4.69) is 0 Å². The molecule has 4 heterocycles. The Balaban J connectivity index is 1.39. The molecular formula is C24H31NO8. The van der Waals surface area contributed by atoms with E-state index in [1.54, 1.807) is 13.8 Å². The van der Waals surface area contributed by atoms with Gasteiger partial charge in [-0.15, -0.1) is 0 Å². The average Bonchev–Trinajstić information content (AvgIpc) is 3.37. The summed E-state index contributed by atoms with van der Waals surface area (Å²) in [5, 5.41) is 0. The summed E-state index contributed by atoms with van der Waals surface area (Å²) in [4.78, 5) is 27.0. The molecule has 1 aromatic rings. The van der Waals surface area contributed by atoms with Gasteiger partial charge in [0.05, 0.1) is 12.6 Å². The number of hydrogen-bond donors (Lipinski definition) is 0. The maximum absolute atomic E-state index is 13.1. The molecule has 0 aliphatic carbocycles. The molecule has 5 rings (SSSR count). The Morgan fingerprint density at radius 1 is 1.06 bits per heavy atom. The maximum atomic E-state index is 13.1. The Hall–Kier alpha value is -1.88. The Morgan fingerprint density at radius 2 is 1.79 bits per heavy atom. The number of methoxy groups -OCH3 is 1. The number of hydrogen-bond acceptors (Lipinski definition) is 8. The number of aldehydes is 1. The number of ether oxygens (including phenoxy) is 6. The van der Waals surface area contributed by atoms with Crippen molar-refractivity contribution < 1.29 is 38.0 Å². The molecule has 4 saturated heterocycles. The third kappa shape index (κ3) is 4.00. The minimum atomic E-state index is -0.945. The molecule has 33 heavy (non-hydrogen) atoms. The summed E-state index contributed by atoms with van der Waals surface area (Å²) in [5.74, 6) is -1.97. The van der Waals surface area contributed by atoms with Crippen LogP contribution in [0.3, 0.4) is 0 Å². The smallest absolute Gasteiger partial charge is 0.255 e. The summed E-state index contributed by atoms with van der Waals surface area (Å²) in [6.45, 7) is 7.52. The number of benzene rings is 1. The highest BCUT2D eigenvalue weighted by Crippen LogP contribution is 2.48. The lowest BCUT2D eigenvalue weighted by Gasteiger charge is -2.49. The fourth-order valence-corrected chi connectivity index (χ4v) is 5.26. The number of β-lactam (4-membered cyclic amide) rings is 1. The van der Waals surface area contributed by atoms with E-state index in [4.69, 9.17) is 28.4 Å². The summed E-state index contributed by atoms with van der Waals surface area (Å²) in [7, 11) is 1.50. The molecule has 4 fully saturated rings.